The molecule has 0 saturated heterocycles. The standard InChI is InChI=1S/C12H16N2O3/c1-13-6-7-14(2)11(15)9-4-3-5-10(8-9)12(16)17/h3-5,8,13H,6-7H2,1-2H3,(H,16,17). The summed E-state index contributed by atoms with van der Waals surface area (Å²) in [5.74, 6) is -1.21. The SMILES string of the molecule is CNCCN(C)C(=O)c1cccc(C(=O)O)c1. The maximum Gasteiger partial charge on any atom is 0.335 e. The molecule has 0 heterocycles. The fourth-order valence-electron chi connectivity index (χ4n) is 1.39. The second-order valence-electron chi connectivity index (χ2n) is 3.72. The summed E-state index contributed by atoms with van der Waals surface area (Å²) in [5, 5.41) is 11.8. The van der Waals surface area contributed by atoms with Gasteiger partial charge in [0.25, 0.3) is 5.91 Å². The van der Waals surface area contributed by atoms with Crippen LogP contribution in [0.1, 0.15) is 20.7 Å². The van der Waals surface area contributed by atoms with Crippen LogP contribution < -0.4 is 5.32 Å². The molecule has 0 unspecified atom stereocenters. The van der Waals surface area contributed by atoms with Crippen molar-refractivity contribution in [1.29, 1.82) is 0 Å². The molecule has 0 aliphatic heterocycles. The molecule has 92 valence electrons. The molecule has 1 aromatic carbocycles. The van der Waals surface area contributed by atoms with Crippen LogP contribution in [0.3, 0.4) is 0 Å². The molecule has 1 rings (SSSR count). The van der Waals surface area contributed by atoms with Crippen molar-refractivity contribution in [3.63, 3.8) is 0 Å². The van der Waals surface area contributed by atoms with Crippen LogP contribution >= 0.6 is 0 Å². The van der Waals surface area contributed by atoms with Gasteiger partial charge >= 0.3 is 5.97 Å². The summed E-state index contributed by atoms with van der Waals surface area (Å²) in [7, 11) is 3.50. The maximum atomic E-state index is 11.9. The predicted octanol–water partition coefficient (Wildman–Crippen LogP) is 0.676. The predicted molar refractivity (Wildman–Crippen MR) is 64.3 cm³/mol. The molecule has 1 aromatic rings. The Balaban J connectivity index is 2.81. The molecule has 17 heavy (non-hydrogen) atoms. The Bertz CT molecular complexity index is 418. The van der Waals surface area contributed by atoms with Crippen LogP contribution in [0.4, 0.5) is 0 Å². The number of carbonyl (C=O) groups excluding carboxylic acids is 1. The third kappa shape index (κ3) is 3.57. The molecule has 5 heteroatoms. The topological polar surface area (TPSA) is 69.6 Å². The number of carboxylic acid groups (broad SMARTS) is 1. The zero-order valence-corrected chi connectivity index (χ0v) is 9.93. The number of rotatable bonds is 5. The monoisotopic (exact) mass is 236 g/mol. The molecule has 2 N–H and O–H groups in total. The van der Waals surface area contributed by atoms with Crippen LogP contribution in [0, 0.1) is 0 Å². The lowest BCUT2D eigenvalue weighted by Crippen LogP contribution is -2.32. The highest BCUT2D eigenvalue weighted by atomic mass is 16.4. The van der Waals surface area contributed by atoms with E-state index < -0.39 is 5.97 Å². The fraction of sp³-hybridized carbons (Fsp3) is 0.333. The number of aromatic carboxylic acids is 1. The second kappa shape index (κ2) is 6.00. The highest BCUT2D eigenvalue weighted by Crippen LogP contribution is 2.07. The first-order valence-corrected chi connectivity index (χ1v) is 5.29. The summed E-state index contributed by atoms with van der Waals surface area (Å²) in [5.41, 5.74) is 0.515. The first-order chi connectivity index (χ1) is 8.06. The van der Waals surface area contributed by atoms with Gasteiger partial charge in [0.2, 0.25) is 0 Å². The van der Waals surface area contributed by atoms with Crippen molar-refractivity contribution in [2.45, 2.75) is 0 Å². The summed E-state index contributed by atoms with van der Waals surface area (Å²) < 4.78 is 0. The summed E-state index contributed by atoms with van der Waals surface area (Å²) in [4.78, 5) is 24.3. The molecule has 0 atom stereocenters. The Morgan fingerprint density at radius 2 is 2.00 bits per heavy atom. The van der Waals surface area contributed by atoms with E-state index in [2.05, 4.69) is 5.32 Å². The fourth-order valence-corrected chi connectivity index (χ4v) is 1.39. The van der Waals surface area contributed by atoms with E-state index in [4.69, 9.17) is 5.11 Å². The van der Waals surface area contributed by atoms with Crippen LogP contribution in [0.25, 0.3) is 0 Å². The van der Waals surface area contributed by atoms with E-state index in [1.54, 1.807) is 24.1 Å². The van der Waals surface area contributed by atoms with E-state index in [-0.39, 0.29) is 11.5 Å². The first kappa shape index (κ1) is 13.2. The van der Waals surface area contributed by atoms with Gasteiger partial charge in [0, 0.05) is 25.7 Å². The molecule has 0 aromatic heterocycles. The third-order valence-electron chi connectivity index (χ3n) is 2.40. The van der Waals surface area contributed by atoms with E-state index in [0.717, 1.165) is 0 Å². The summed E-state index contributed by atoms with van der Waals surface area (Å²) in [6.07, 6.45) is 0. The minimum Gasteiger partial charge on any atom is -0.478 e. The van der Waals surface area contributed by atoms with Crippen molar-refractivity contribution in [3.05, 3.63) is 35.4 Å². The number of amides is 1. The number of likely N-dealkylation sites (N-methyl/N-ethyl adjacent to an activating group) is 2. The Morgan fingerprint density at radius 1 is 1.35 bits per heavy atom. The summed E-state index contributed by atoms with van der Waals surface area (Å²) >= 11 is 0. The average Bonchev–Trinajstić information content (AvgIpc) is 2.35. The summed E-state index contributed by atoms with van der Waals surface area (Å²) in [6.45, 7) is 1.27. The van der Waals surface area contributed by atoms with Gasteiger partial charge in [0.05, 0.1) is 5.56 Å². The molecule has 0 spiro atoms. The Kier molecular flexibility index (Phi) is 4.66. The average molecular weight is 236 g/mol. The number of carboxylic acids is 1. The lowest BCUT2D eigenvalue weighted by molar-refractivity contribution is 0.0697. The smallest absolute Gasteiger partial charge is 0.335 e. The normalized spacial score (nSPS) is 10.0. The molecular formula is C12H16N2O3. The Morgan fingerprint density at radius 3 is 2.59 bits per heavy atom. The third-order valence-corrected chi connectivity index (χ3v) is 2.40. The second-order valence-corrected chi connectivity index (χ2v) is 3.72. The van der Waals surface area contributed by atoms with Gasteiger partial charge in [0.1, 0.15) is 0 Å². The molecule has 1 amide bonds. The zero-order valence-electron chi connectivity index (χ0n) is 9.93. The number of nitrogens with zero attached hydrogens (tertiary/aromatic N) is 1. The molecule has 5 nitrogen and oxygen atoms in total. The molecular weight excluding hydrogens is 220 g/mol. The molecule has 0 aliphatic carbocycles. The maximum absolute atomic E-state index is 11.9. The minimum atomic E-state index is -1.03. The van der Waals surface area contributed by atoms with Crippen LogP contribution in [-0.2, 0) is 0 Å². The van der Waals surface area contributed by atoms with Crippen molar-refractivity contribution in [1.82, 2.24) is 10.2 Å². The molecule has 0 fully saturated rings. The van der Waals surface area contributed by atoms with Crippen molar-refractivity contribution in [2.24, 2.45) is 0 Å². The van der Waals surface area contributed by atoms with E-state index >= 15 is 0 Å². The van der Waals surface area contributed by atoms with Gasteiger partial charge in [-0.25, -0.2) is 4.79 Å². The largest absolute Gasteiger partial charge is 0.478 e. The first-order valence-electron chi connectivity index (χ1n) is 5.29. The lowest BCUT2D eigenvalue weighted by Gasteiger charge is -2.17. The van der Waals surface area contributed by atoms with Gasteiger partial charge in [-0.1, -0.05) is 6.07 Å². The van der Waals surface area contributed by atoms with Gasteiger partial charge in [-0.15, -0.1) is 0 Å². The number of benzene rings is 1. The van der Waals surface area contributed by atoms with Crippen LogP contribution in [0.15, 0.2) is 24.3 Å². The van der Waals surface area contributed by atoms with E-state index in [9.17, 15) is 9.59 Å². The van der Waals surface area contributed by atoms with Gasteiger partial charge in [-0.05, 0) is 25.2 Å². The van der Waals surface area contributed by atoms with Gasteiger partial charge < -0.3 is 15.3 Å². The van der Waals surface area contributed by atoms with E-state index in [1.165, 1.54) is 12.1 Å². The number of nitrogens with one attached hydrogen (secondary N) is 1. The highest BCUT2D eigenvalue weighted by molar-refractivity contribution is 5.97. The number of carbonyl (C=O) groups is 2. The highest BCUT2D eigenvalue weighted by Gasteiger charge is 2.13. The van der Waals surface area contributed by atoms with Crippen molar-refractivity contribution < 1.29 is 14.7 Å². The van der Waals surface area contributed by atoms with Gasteiger partial charge in [0.15, 0.2) is 0 Å². The lowest BCUT2D eigenvalue weighted by atomic mass is 10.1. The van der Waals surface area contributed by atoms with E-state index in [1.807, 2.05) is 7.05 Å². The molecule has 0 aliphatic rings. The van der Waals surface area contributed by atoms with Crippen molar-refractivity contribution >= 4 is 11.9 Å². The molecule has 0 saturated carbocycles. The van der Waals surface area contributed by atoms with Gasteiger partial charge in [-0.3, -0.25) is 4.79 Å². The van der Waals surface area contributed by atoms with Crippen molar-refractivity contribution in [3.8, 4) is 0 Å². The number of hydrogen-bond donors (Lipinski definition) is 2. The van der Waals surface area contributed by atoms with Crippen molar-refractivity contribution in [2.75, 3.05) is 27.2 Å². The molecule has 0 bridgehead atoms. The number of hydrogen-bond acceptors (Lipinski definition) is 3. The van der Waals surface area contributed by atoms with Crippen LogP contribution in [0.2, 0.25) is 0 Å². The van der Waals surface area contributed by atoms with E-state index in [0.29, 0.717) is 18.7 Å². The quantitative estimate of drug-likeness (QED) is 0.788. The zero-order chi connectivity index (χ0) is 12.8. The van der Waals surface area contributed by atoms with Crippen LogP contribution in [0.5, 0.6) is 0 Å². The molecule has 0 radical (unpaired) electrons. The Labute approximate surface area is 100 Å². The van der Waals surface area contributed by atoms with Gasteiger partial charge in [-0.2, -0.15) is 0 Å². The summed E-state index contributed by atoms with van der Waals surface area (Å²) in [6, 6.07) is 6.04. The minimum absolute atomic E-state index is 0.123. The Hall–Kier alpha value is -1.88. The van der Waals surface area contributed by atoms with Crippen LogP contribution in [-0.4, -0.2) is 49.1 Å².